The maximum absolute atomic E-state index is 17.4. The summed E-state index contributed by atoms with van der Waals surface area (Å²) in [5, 5.41) is 43.9. The van der Waals surface area contributed by atoms with E-state index in [1.165, 1.54) is 12.2 Å². The molecule has 4 aliphatic rings. The van der Waals surface area contributed by atoms with Crippen molar-refractivity contribution in [1.29, 1.82) is 0 Å². The molecule has 4 aliphatic carbocycles. The van der Waals surface area contributed by atoms with Gasteiger partial charge in [0.05, 0.1) is 32.5 Å². The van der Waals surface area contributed by atoms with Gasteiger partial charge in [-0.25, -0.2) is 4.39 Å². The highest BCUT2D eigenvalue weighted by atomic mass is 19.1. The van der Waals surface area contributed by atoms with Crippen LogP contribution in [0.4, 0.5) is 4.39 Å². The van der Waals surface area contributed by atoms with Gasteiger partial charge in [0.1, 0.15) is 24.7 Å². The summed E-state index contributed by atoms with van der Waals surface area (Å²) in [5.74, 6) is -5.42. The van der Waals surface area contributed by atoms with Gasteiger partial charge < -0.3 is 51.8 Å². The van der Waals surface area contributed by atoms with Crippen molar-refractivity contribution in [3.05, 3.63) is 59.7 Å². The third-order valence-corrected chi connectivity index (χ3v) is 13.8. The molecule has 0 unspecified atom stereocenters. The van der Waals surface area contributed by atoms with E-state index < -0.39 is 107 Å². The SMILES string of the molecule is CC(C)C[C@@H](NC(=O)COCCOCCNC(=O)[C@@]1(O)[C@H](C)C[C@H]2[C@@H]3CCC4=CC(=O)C=C[C@]4(C)[C@@]3(F)[C@@H](O)C[C@@]21C)C(=O)N[C@H](CO)C(=O)N[C@H](Cc1ccccc1)C(N)=O. The van der Waals surface area contributed by atoms with Crippen LogP contribution < -0.4 is 27.0 Å². The highest BCUT2D eigenvalue weighted by Gasteiger charge is 2.75. The van der Waals surface area contributed by atoms with Crippen LogP contribution in [-0.2, 0) is 44.7 Å². The molecule has 3 fully saturated rings. The van der Waals surface area contributed by atoms with E-state index in [0.717, 1.165) is 5.56 Å². The lowest BCUT2D eigenvalue weighted by atomic mass is 9.44. The Kier molecular flexibility index (Phi) is 15.5. The second-order valence-corrected chi connectivity index (χ2v) is 18.2. The summed E-state index contributed by atoms with van der Waals surface area (Å²) < 4.78 is 28.5. The molecule has 5 amide bonds. The molecule has 0 radical (unpaired) electrons. The predicted octanol–water partition coefficient (Wildman–Crippen LogP) is 0.705. The number of fused-ring (bicyclic) bond motifs is 5. The first-order valence-electron chi connectivity index (χ1n) is 21.5. The quantitative estimate of drug-likeness (QED) is 0.0847. The van der Waals surface area contributed by atoms with Crippen molar-refractivity contribution < 1.29 is 58.0 Å². The van der Waals surface area contributed by atoms with Gasteiger partial charge in [-0.3, -0.25) is 28.8 Å². The zero-order valence-corrected chi connectivity index (χ0v) is 36.3. The number of hydrogen-bond donors (Lipinski definition) is 8. The van der Waals surface area contributed by atoms with E-state index in [-0.39, 0.29) is 57.3 Å². The van der Waals surface area contributed by atoms with Gasteiger partial charge >= 0.3 is 0 Å². The molecule has 9 N–H and O–H groups in total. The number of nitrogens with two attached hydrogens (primary N) is 1. The molecule has 0 heterocycles. The van der Waals surface area contributed by atoms with Gasteiger partial charge in [-0.15, -0.1) is 0 Å². The van der Waals surface area contributed by atoms with E-state index in [0.29, 0.717) is 24.8 Å². The van der Waals surface area contributed by atoms with E-state index >= 15 is 4.39 Å². The fourth-order valence-electron chi connectivity index (χ4n) is 10.5. The van der Waals surface area contributed by atoms with Crippen molar-refractivity contribution in [2.45, 2.75) is 109 Å². The molecule has 0 saturated heterocycles. The number of alkyl halides is 1. The van der Waals surface area contributed by atoms with Gasteiger partial charge in [-0.1, -0.05) is 69.7 Å². The molecule has 62 heavy (non-hydrogen) atoms. The van der Waals surface area contributed by atoms with Crippen LogP contribution in [0.3, 0.4) is 0 Å². The number of allylic oxidation sites excluding steroid dienone is 4. The lowest BCUT2D eigenvalue weighted by Crippen LogP contribution is -2.70. The third-order valence-electron chi connectivity index (χ3n) is 13.8. The Labute approximate surface area is 362 Å². The van der Waals surface area contributed by atoms with Crippen LogP contribution in [0.2, 0.25) is 0 Å². The topological polar surface area (TPSA) is 256 Å². The Bertz CT molecular complexity index is 1900. The number of rotatable bonds is 20. The number of nitrogens with one attached hydrogen (secondary N) is 4. The van der Waals surface area contributed by atoms with E-state index in [1.54, 1.807) is 57.2 Å². The highest BCUT2D eigenvalue weighted by Crippen LogP contribution is 2.70. The van der Waals surface area contributed by atoms with Crippen LogP contribution in [0, 0.1) is 34.5 Å². The Morgan fingerprint density at radius 3 is 2.27 bits per heavy atom. The molecule has 0 bridgehead atoms. The molecule has 1 aromatic rings. The van der Waals surface area contributed by atoms with Gasteiger partial charge in [0.2, 0.25) is 23.6 Å². The van der Waals surface area contributed by atoms with Crippen LogP contribution in [-0.4, -0.2) is 126 Å². The average Bonchev–Trinajstić information content (AvgIpc) is 3.42. The maximum atomic E-state index is 17.4. The van der Waals surface area contributed by atoms with Gasteiger partial charge in [-0.2, -0.15) is 0 Å². The van der Waals surface area contributed by atoms with Crippen LogP contribution in [0.25, 0.3) is 0 Å². The summed E-state index contributed by atoms with van der Waals surface area (Å²) >= 11 is 0. The number of hydrogen-bond acceptors (Lipinski definition) is 11. The first-order chi connectivity index (χ1) is 29.2. The number of ether oxygens (including phenoxy) is 2. The minimum atomic E-state index is -2.08. The number of primary amides is 1. The molecular formula is C45H64FN5O11. The van der Waals surface area contributed by atoms with Gasteiger partial charge in [-0.05, 0) is 74.5 Å². The van der Waals surface area contributed by atoms with Crippen molar-refractivity contribution in [3.63, 3.8) is 0 Å². The zero-order chi connectivity index (χ0) is 45.6. The molecule has 0 aromatic heterocycles. The molecule has 0 aliphatic heterocycles. The number of aliphatic hydroxyl groups is 3. The van der Waals surface area contributed by atoms with Gasteiger partial charge in [0.15, 0.2) is 17.1 Å². The average molecular weight is 870 g/mol. The minimum Gasteiger partial charge on any atom is -0.394 e. The molecule has 342 valence electrons. The largest absolute Gasteiger partial charge is 0.394 e. The monoisotopic (exact) mass is 869 g/mol. The molecule has 0 spiro atoms. The number of carbonyl (C=O) groups excluding carboxylic acids is 6. The normalized spacial score (nSPS) is 31.4. The number of benzene rings is 1. The Hall–Kier alpha value is -4.55. The third kappa shape index (κ3) is 9.66. The lowest BCUT2D eigenvalue weighted by Gasteiger charge is -2.62. The van der Waals surface area contributed by atoms with Crippen LogP contribution in [0.5, 0.6) is 0 Å². The van der Waals surface area contributed by atoms with Crippen molar-refractivity contribution in [1.82, 2.24) is 21.3 Å². The Balaban J connectivity index is 1.05. The number of halogens is 1. The first kappa shape index (κ1) is 48.5. The maximum Gasteiger partial charge on any atom is 0.252 e. The summed E-state index contributed by atoms with van der Waals surface area (Å²) in [7, 11) is 0. The molecule has 1 aromatic carbocycles. The minimum absolute atomic E-state index is 0.0106. The lowest BCUT2D eigenvalue weighted by molar-refractivity contribution is -0.219. The number of amides is 5. The van der Waals surface area contributed by atoms with E-state index in [1.807, 2.05) is 13.8 Å². The van der Waals surface area contributed by atoms with Crippen molar-refractivity contribution >= 4 is 35.3 Å². The Morgan fingerprint density at radius 1 is 0.952 bits per heavy atom. The summed E-state index contributed by atoms with van der Waals surface area (Å²) in [6.45, 7) is 7.85. The molecule has 16 nitrogen and oxygen atoms in total. The second-order valence-electron chi connectivity index (χ2n) is 18.2. The van der Waals surface area contributed by atoms with E-state index in [4.69, 9.17) is 15.2 Å². The first-order valence-corrected chi connectivity index (χ1v) is 21.5. The van der Waals surface area contributed by atoms with Crippen molar-refractivity contribution in [3.8, 4) is 0 Å². The van der Waals surface area contributed by atoms with Crippen molar-refractivity contribution in [2.24, 2.45) is 40.2 Å². The molecule has 17 heteroatoms. The fourth-order valence-corrected chi connectivity index (χ4v) is 10.5. The number of ketones is 1. The van der Waals surface area contributed by atoms with E-state index in [9.17, 15) is 44.1 Å². The summed E-state index contributed by atoms with van der Waals surface area (Å²) in [6, 6.07) is 5.26. The molecule has 3 saturated carbocycles. The standard InChI is InChI=1S/C45H64FN5O11/c1-26(2)19-34(39(57)51-35(24-52)40(58)50-33(38(47)56)21-28-9-7-6-8-10-28)49-37(55)25-62-18-17-61-16-15-48-41(59)45(60)27(3)20-32-31-12-11-29-22-30(53)13-14-42(29,4)44(31,46)36(54)23-43(32,45)5/h6-10,13-14,22,26-27,31-36,52,54,60H,11-12,15-21,23-25H2,1-5H3,(H2,47,56)(H,48,59)(H,49,55)(H,50,58)(H,51,57)/t27-,31+,32+,33-,34-,35-,36+,42+,43+,44+,45+/m1/s1. The Morgan fingerprint density at radius 2 is 1.61 bits per heavy atom. The smallest absolute Gasteiger partial charge is 0.252 e. The predicted molar refractivity (Wildman–Crippen MR) is 224 cm³/mol. The molecule has 5 rings (SSSR count). The van der Waals surface area contributed by atoms with Crippen LogP contribution in [0.15, 0.2) is 54.1 Å². The zero-order valence-electron chi connectivity index (χ0n) is 36.3. The van der Waals surface area contributed by atoms with Gasteiger partial charge in [0.25, 0.3) is 5.91 Å². The summed E-state index contributed by atoms with van der Waals surface area (Å²) in [6.07, 6.45) is 4.34. The van der Waals surface area contributed by atoms with Gasteiger partial charge in [0, 0.05) is 29.7 Å². The second kappa shape index (κ2) is 19.9. The number of aliphatic hydroxyl groups excluding tert-OH is 2. The summed E-state index contributed by atoms with van der Waals surface area (Å²) in [4.78, 5) is 77.0. The van der Waals surface area contributed by atoms with Crippen LogP contribution in [0.1, 0.15) is 72.3 Å². The fraction of sp³-hybridized carbons (Fsp3) is 0.644. The van der Waals surface area contributed by atoms with Crippen molar-refractivity contribution in [2.75, 3.05) is 39.6 Å². The number of carbonyl (C=O) groups is 6. The highest BCUT2D eigenvalue weighted by molar-refractivity contribution is 6.01. The molecular weight excluding hydrogens is 806 g/mol. The molecule has 11 atom stereocenters. The summed E-state index contributed by atoms with van der Waals surface area (Å²) in [5.41, 5.74) is 0.629. The van der Waals surface area contributed by atoms with E-state index in [2.05, 4.69) is 21.3 Å². The van der Waals surface area contributed by atoms with Crippen LogP contribution >= 0.6 is 0 Å².